The van der Waals surface area contributed by atoms with Crippen LogP contribution in [0.15, 0.2) is 60.7 Å². The lowest BCUT2D eigenvalue weighted by Gasteiger charge is -2.19. The van der Waals surface area contributed by atoms with Crippen LogP contribution in [-0.2, 0) is 16.0 Å². The van der Waals surface area contributed by atoms with Crippen LogP contribution in [0.4, 0.5) is 10.5 Å². The van der Waals surface area contributed by atoms with E-state index in [1.54, 1.807) is 31.2 Å². The lowest BCUT2D eigenvalue weighted by Crippen LogP contribution is -2.40. The number of nitrogens with zero attached hydrogens (tertiary/aromatic N) is 1. The maximum atomic E-state index is 12.6. The van der Waals surface area contributed by atoms with E-state index in [-0.39, 0.29) is 5.91 Å². The van der Waals surface area contributed by atoms with E-state index in [2.05, 4.69) is 0 Å². The van der Waals surface area contributed by atoms with Crippen molar-refractivity contribution in [2.24, 2.45) is 0 Å². The smallest absolute Gasteiger partial charge is 0.422 e. The molecule has 0 spiro atoms. The number of imide groups is 1. The number of para-hydroxylation sites is 1. The fourth-order valence-corrected chi connectivity index (χ4v) is 2.50. The van der Waals surface area contributed by atoms with E-state index in [0.29, 0.717) is 12.1 Å². The summed E-state index contributed by atoms with van der Waals surface area (Å²) >= 11 is 0. The van der Waals surface area contributed by atoms with Gasteiger partial charge in [0.1, 0.15) is 0 Å². The average molecular weight is 281 g/mol. The molecule has 1 atom stereocenters. The number of carbonyl (C=O) groups is 2. The highest BCUT2D eigenvalue weighted by atomic mass is 16.6. The molecule has 4 heteroatoms. The Bertz CT molecular complexity index is 669. The van der Waals surface area contributed by atoms with Crippen LogP contribution in [0.3, 0.4) is 0 Å². The fraction of sp³-hybridized carbons (Fsp3) is 0.176. The number of cyclic esters (lactones) is 1. The van der Waals surface area contributed by atoms with Gasteiger partial charge in [-0.1, -0.05) is 48.5 Å². The zero-order valence-corrected chi connectivity index (χ0v) is 11.7. The minimum absolute atomic E-state index is 0.331. The van der Waals surface area contributed by atoms with Crippen LogP contribution in [0.5, 0.6) is 0 Å². The van der Waals surface area contributed by atoms with Crippen molar-refractivity contribution in [1.29, 1.82) is 0 Å². The molecule has 0 aromatic heterocycles. The van der Waals surface area contributed by atoms with E-state index in [4.69, 9.17) is 4.74 Å². The van der Waals surface area contributed by atoms with Gasteiger partial charge in [-0.05, 0) is 24.6 Å². The highest BCUT2D eigenvalue weighted by Gasteiger charge is 2.51. The van der Waals surface area contributed by atoms with E-state index < -0.39 is 11.7 Å². The summed E-state index contributed by atoms with van der Waals surface area (Å²) in [4.78, 5) is 25.8. The summed E-state index contributed by atoms with van der Waals surface area (Å²) < 4.78 is 5.37. The molecule has 2 aromatic rings. The molecule has 1 aliphatic heterocycles. The fourth-order valence-electron chi connectivity index (χ4n) is 2.50. The molecule has 1 aliphatic rings. The zero-order chi connectivity index (χ0) is 14.9. The second-order valence-electron chi connectivity index (χ2n) is 5.24. The number of hydrogen-bond donors (Lipinski definition) is 0. The van der Waals surface area contributed by atoms with Crippen LogP contribution in [0.2, 0.25) is 0 Å². The molecular weight excluding hydrogens is 266 g/mol. The minimum atomic E-state index is -1.16. The van der Waals surface area contributed by atoms with Gasteiger partial charge in [0.15, 0.2) is 5.60 Å². The van der Waals surface area contributed by atoms with Gasteiger partial charge in [0, 0.05) is 6.42 Å². The van der Waals surface area contributed by atoms with Gasteiger partial charge in [-0.2, -0.15) is 0 Å². The van der Waals surface area contributed by atoms with E-state index in [1.165, 1.54) is 0 Å². The van der Waals surface area contributed by atoms with Crippen LogP contribution < -0.4 is 4.90 Å². The van der Waals surface area contributed by atoms with Crippen molar-refractivity contribution < 1.29 is 14.3 Å². The highest BCUT2D eigenvalue weighted by molar-refractivity contribution is 6.19. The first-order valence-corrected chi connectivity index (χ1v) is 6.77. The monoisotopic (exact) mass is 281 g/mol. The van der Waals surface area contributed by atoms with Gasteiger partial charge in [0.2, 0.25) is 0 Å². The average Bonchev–Trinajstić information content (AvgIpc) is 2.70. The summed E-state index contributed by atoms with van der Waals surface area (Å²) in [6.45, 7) is 1.66. The van der Waals surface area contributed by atoms with Crippen molar-refractivity contribution in [3.63, 3.8) is 0 Å². The van der Waals surface area contributed by atoms with E-state index in [0.717, 1.165) is 10.5 Å². The Morgan fingerprint density at radius 2 is 1.52 bits per heavy atom. The first-order chi connectivity index (χ1) is 10.1. The lowest BCUT2D eigenvalue weighted by atomic mass is 9.95. The van der Waals surface area contributed by atoms with Crippen molar-refractivity contribution in [3.05, 3.63) is 66.2 Å². The van der Waals surface area contributed by atoms with Crippen LogP contribution >= 0.6 is 0 Å². The summed E-state index contributed by atoms with van der Waals surface area (Å²) in [5.74, 6) is -0.331. The standard InChI is InChI=1S/C17H15NO3/c1-17(12-13-8-4-2-5-9-13)15(19)18(16(20)21-17)14-10-6-3-7-11-14/h2-11H,12H2,1H3. The van der Waals surface area contributed by atoms with Gasteiger partial charge in [-0.25, -0.2) is 9.69 Å². The lowest BCUT2D eigenvalue weighted by molar-refractivity contribution is -0.128. The molecule has 3 rings (SSSR count). The Kier molecular flexibility index (Phi) is 3.22. The molecule has 4 nitrogen and oxygen atoms in total. The number of benzene rings is 2. The normalized spacial score (nSPS) is 21.5. The molecule has 1 saturated heterocycles. The Balaban J connectivity index is 1.89. The molecule has 0 N–H and O–H groups in total. The zero-order valence-electron chi connectivity index (χ0n) is 11.7. The second-order valence-corrected chi connectivity index (χ2v) is 5.24. The number of anilines is 1. The highest BCUT2D eigenvalue weighted by Crippen LogP contribution is 2.31. The number of carbonyl (C=O) groups excluding carboxylic acids is 2. The molecule has 2 amide bonds. The predicted octanol–water partition coefficient (Wildman–Crippen LogP) is 3.17. The number of amides is 2. The molecule has 1 unspecified atom stereocenters. The Morgan fingerprint density at radius 3 is 2.14 bits per heavy atom. The first kappa shape index (κ1) is 13.4. The molecule has 21 heavy (non-hydrogen) atoms. The molecule has 0 saturated carbocycles. The maximum absolute atomic E-state index is 12.6. The van der Waals surface area contributed by atoms with Gasteiger partial charge in [0.25, 0.3) is 5.91 Å². The number of ether oxygens (including phenoxy) is 1. The van der Waals surface area contributed by atoms with Gasteiger partial charge in [-0.15, -0.1) is 0 Å². The Hall–Kier alpha value is -2.62. The first-order valence-electron chi connectivity index (χ1n) is 6.77. The van der Waals surface area contributed by atoms with Crippen molar-refractivity contribution in [2.45, 2.75) is 18.9 Å². The third-order valence-electron chi connectivity index (χ3n) is 3.55. The van der Waals surface area contributed by atoms with Gasteiger partial charge >= 0.3 is 6.09 Å². The Labute approximate surface area is 123 Å². The quantitative estimate of drug-likeness (QED) is 0.868. The van der Waals surface area contributed by atoms with E-state index in [9.17, 15) is 9.59 Å². The second kappa shape index (κ2) is 5.05. The molecule has 1 fully saturated rings. The van der Waals surface area contributed by atoms with Crippen molar-refractivity contribution >= 4 is 17.7 Å². The largest absolute Gasteiger partial charge is 0.432 e. The van der Waals surface area contributed by atoms with Crippen LogP contribution in [0, 0.1) is 0 Å². The van der Waals surface area contributed by atoms with Gasteiger partial charge < -0.3 is 4.74 Å². The summed E-state index contributed by atoms with van der Waals surface area (Å²) in [5.41, 5.74) is 0.328. The van der Waals surface area contributed by atoms with Crippen molar-refractivity contribution in [2.75, 3.05) is 4.90 Å². The predicted molar refractivity (Wildman–Crippen MR) is 79.0 cm³/mol. The molecule has 0 bridgehead atoms. The number of hydrogen-bond acceptors (Lipinski definition) is 3. The molecule has 0 aliphatic carbocycles. The summed E-state index contributed by atoms with van der Waals surface area (Å²) in [7, 11) is 0. The van der Waals surface area contributed by atoms with Crippen LogP contribution in [-0.4, -0.2) is 17.6 Å². The van der Waals surface area contributed by atoms with Crippen LogP contribution in [0.1, 0.15) is 12.5 Å². The van der Waals surface area contributed by atoms with Crippen LogP contribution in [0.25, 0.3) is 0 Å². The topological polar surface area (TPSA) is 46.6 Å². The van der Waals surface area contributed by atoms with Crippen molar-refractivity contribution in [1.82, 2.24) is 0 Å². The van der Waals surface area contributed by atoms with Crippen molar-refractivity contribution in [3.8, 4) is 0 Å². The summed E-state index contributed by atoms with van der Waals surface area (Å²) in [6, 6.07) is 18.4. The molecule has 106 valence electrons. The third-order valence-corrected chi connectivity index (χ3v) is 3.55. The third kappa shape index (κ3) is 2.40. The summed E-state index contributed by atoms with van der Waals surface area (Å²) in [5, 5.41) is 0. The van der Waals surface area contributed by atoms with E-state index >= 15 is 0 Å². The van der Waals surface area contributed by atoms with Gasteiger partial charge in [-0.3, -0.25) is 4.79 Å². The molecule has 2 aromatic carbocycles. The number of rotatable bonds is 3. The molecule has 1 heterocycles. The van der Waals surface area contributed by atoms with E-state index in [1.807, 2.05) is 36.4 Å². The SMILES string of the molecule is CC1(Cc2ccccc2)OC(=O)N(c2ccccc2)C1=O. The summed E-state index contributed by atoms with van der Waals surface area (Å²) in [6.07, 6.45) is -0.258. The maximum Gasteiger partial charge on any atom is 0.422 e. The Morgan fingerprint density at radius 1 is 0.952 bits per heavy atom. The molecular formula is C17H15NO3. The molecule has 0 radical (unpaired) electrons. The minimum Gasteiger partial charge on any atom is -0.432 e. The van der Waals surface area contributed by atoms with Gasteiger partial charge in [0.05, 0.1) is 5.69 Å².